The SMILES string of the molecule is Cc1cc(CN2CCN(c3nccc(C(F)(F)F)n3)CC2)nn1C. The van der Waals surface area contributed by atoms with Crippen LogP contribution < -0.4 is 4.90 Å². The van der Waals surface area contributed by atoms with Gasteiger partial charge in [-0.2, -0.15) is 18.3 Å². The van der Waals surface area contributed by atoms with Crippen LogP contribution in [0.25, 0.3) is 0 Å². The molecule has 0 aromatic carbocycles. The van der Waals surface area contributed by atoms with Gasteiger partial charge in [-0.05, 0) is 19.1 Å². The number of halogens is 3. The van der Waals surface area contributed by atoms with Gasteiger partial charge in [0, 0.05) is 51.7 Å². The van der Waals surface area contributed by atoms with Gasteiger partial charge in [0.25, 0.3) is 0 Å². The van der Waals surface area contributed by atoms with Crippen molar-refractivity contribution in [2.45, 2.75) is 19.6 Å². The van der Waals surface area contributed by atoms with E-state index in [2.05, 4.69) is 20.0 Å². The van der Waals surface area contributed by atoms with Crippen LogP contribution in [-0.4, -0.2) is 50.8 Å². The van der Waals surface area contributed by atoms with Crippen LogP contribution in [0.2, 0.25) is 0 Å². The minimum Gasteiger partial charge on any atom is -0.338 e. The van der Waals surface area contributed by atoms with Gasteiger partial charge in [-0.3, -0.25) is 9.58 Å². The van der Waals surface area contributed by atoms with Crippen LogP contribution in [0.5, 0.6) is 0 Å². The topological polar surface area (TPSA) is 50.1 Å². The maximum absolute atomic E-state index is 12.7. The van der Waals surface area contributed by atoms with E-state index in [1.807, 2.05) is 24.7 Å². The van der Waals surface area contributed by atoms with E-state index in [1.54, 1.807) is 4.90 Å². The highest BCUT2D eigenvalue weighted by molar-refractivity contribution is 5.31. The summed E-state index contributed by atoms with van der Waals surface area (Å²) in [6.45, 7) is 5.38. The van der Waals surface area contributed by atoms with Gasteiger partial charge in [-0.15, -0.1) is 0 Å². The molecule has 1 aliphatic heterocycles. The van der Waals surface area contributed by atoms with E-state index in [0.717, 1.165) is 43.3 Å². The molecule has 0 spiro atoms. The van der Waals surface area contributed by atoms with Crippen LogP contribution in [0.15, 0.2) is 18.3 Å². The lowest BCUT2D eigenvalue weighted by molar-refractivity contribution is -0.141. The molecular weight excluding hydrogens is 321 g/mol. The zero-order valence-electron chi connectivity index (χ0n) is 13.6. The molecule has 3 rings (SSSR count). The Bertz CT molecular complexity index is 684. The summed E-state index contributed by atoms with van der Waals surface area (Å²) in [6.07, 6.45) is -3.29. The van der Waals surface area contributed by atoms with Gasteiger partial charge in [0.05, 0.1) is 5.69 Å². The van der Waals surface area contributed by atoms with E-state index < -0.39 is 11.9 Å². The Kier molecular flexibility index (Phi) is 4.44. The Hall–Kier alpha value is -2.16. The standard InChI is InChI=1S/C15H19F3N6/c1-11-9-12(21-22(11)2)10-23-5-7-24(8-6-23)14-19-4-3-13(20-14)15(16,17)18/h3-4,9H,5-8,10H2,1-2H3. The van der Waals surface area contributed by atoms with Gasteiger partial charge in [0.2, 0.25) is 5.95 Å². The lowest BCUT2D eigenvalue weighted by atomic mass is 10.3. The molecule has 130 valence electrons. The molecule has 0 radical (unpaired) electrons. The molecule has 1 saturated heterocycles. The second-order valence-electron chi connectivity index (χ2n) is 5.90. The van der Waals surface area contributed by atoms with Crippen molar-refractivity contribution in [3.63, 3.8) is 0 Å². The van der Waals surface area contributed by atoms with E-state index in [9.17, 15) is 13.2 Å². The quantitative estimate of drug-likeness (QED) is 0.854. The maximum atomic E-state index is 12.7. The van der Waals surface area contributed by atoms with Gasteiger partial charge in [-0.1, -0.05) is 0 Å². The predicted octanol–water partition coefficient (Wildman–Crippen LogP) is 1.86. The monoisotopic (exact) mass is 340 g/mol. The summed E-state index contributed by atoms with van der Waals surface area (Å²) in [5.74, 6) is 0.137. The summed E-state index contributed by atoms with van der Waals surface area (Å²) < 4.78 is 40.1. The van der Waals surface area contributed by atoms with Gasteiger partial charge < -0.3 is 4.90 Å². The molecule has 0 aliphatic carbocycles. The Morgan fingerprint density at radius 3 is 2.46 bits per heavy atom. The maximum Gasteiger partial charge on any atom is 0.433 e. The van der Waals surface area contributed by atoms with Crippen LogP contribution in [-0.2, 0) is 19.8 Å². The lowest BCUT2D eigenvalue weighted by Crippen LogP contribution is -2.46. The van der Waals surface area contributed by atoms with Crippen molar-refractivity contribution < 1.29 is 13.2 Å². The zero-order valence-corrected chi connectivity index (χ0v) is 13.6. The molecule has 1 aliphatic rings. The highest BCUT2D eigenvalue weighted by Crippen LogP contribution is 2.28. The van der Waals surface area contributed by atoms with E-state index >= 15 is 0 Å². The normalized spacial score (nSPS) is 16.6. The summed E-state index contributed by atoms with van der Waals surface area (Å²) >= 11 is 0. The molecular formula is C15H19F3N6. The van der Waals surface area contributed by atoms with Crippen molar-refractivity contribution in [3.8, 4) is 0 Å². The third kappa shape index (κ3) is 3.66. The Morgan fingerprint density at radius 1 is 1.17 bits per heavy atom. The molecule has 6 nitrogen and oxygen atoms in total. The third-order valence-electron chi connectivity index (χ3n) is 4.14. The second-order valence-corrected chi connectivity index (χ2v) is 5.90. The Balaban J connectivity index is 1.61. The first kappa shape index (κ1) is 16.7. The molecule has 0 bridgehead atoms. The van der Waals surface area contributed by atoms with E-state index in [0.29, 0.717) is 13.1 Å². The number of hydrogen-bond acceptors (Lipinski definition) is 5. The van der Waals surface area contributed by atoms with Crippen molar-refractivity contribution >= 4 is 5.95 Å². The summed E-state index contributed by atoms with van der Waals surface area (Å²) in [5, 5.41) is 4.43. The lowest BCUT2D eigenvalue weighted by Gasteiger charge is -2.34. The van der Waals surface area contributed by atoms with Crippen molar-refractivity contribution in [2.75, 3.05) is 31.1 Å². The first-order valence-corrected chi connectivity index (χ1v) is 7.70. The van der Waals surface area contributed by atoms with Gasteiger partial charge in [-0.25, -0.2) is 9.97 Å². The average Bonchev–Trinajstić information content (AvgIpc) is 2.85. The highest BCUT2D eigenvalue weighted by atomic mass is 19.4. The number of nitrogens with zero attached hydrogens (tertiary/aromatic N) is 6. The molecule has 24 heavy (non-hydrogen) atoms. The number of anilines is 1. The number of piperazine rings is 1. The number of alkyl halides is 3. The largest absolute Gasteiger partial charge is 0.433 e. The van der Waals surface area contributed by atoms with Gasteiger partial charge >= 0.3 is 6.18 Å². The summed E-state index contributed by atoms with van der Waals surface area (Å²) in [6, 6.07) is 2.94. The second kappa shape index (κ2) is 6.39. The zero-order chi connectivity index (χ0) is 17.3. The minimum atomic E-state index is -4.45. The van der Waals surface area contributed by atoms with Crippen molar-refractivity contribution in [1.29, 1.82) is 0 Å². The smallest absolute Gasteiger partial charge is 0.338 e. The van der Waals surface area contributed by atoms with Crippen molar-refractivity contribution in [1.82, 2.24) is 24.6 Å². The number of aromatic nitrogens is 4. The molecule has 0 unspecified atom stereocenters. The molecule has 0 saturated carbocycles. The van der Waals surface area contributed by atoms with E-state index in [1.165, 1.54) is 0 Å². The van der Waals surface area contributed by atoms with Crippen LogP contribution >= 0.6 is 0 Å². The van der Waals surface area contributed by atoms with Gasteiger partial charge in [0.1, 0.15) is 5.69 Å². The molecule has 0 amide bonds. The minimum absolute atomic E-state index is 0.137. The fraction of sp³-hybridized carbons (Fsp3) is 0.533. The summed E-state index contributed by atoms with van der Waals surface area (Å²) in [4.78, 5) is 11.6. The molecule has 2 aromatic heterocycles. The first-order chi connectivity index (χ1) is 11.3. The summed E-state index contributed by atoms with van der Waals surface area (Å²) in [5.41, 5.74) is 1.19. The molecule has 2 aromatic rings. The fourth-order valence-corrected chi connectivity index (χ4v) is 2.71. The van der Waals surface area contributed by atoms with Crippen LogP contribution in [0.4, 0.5) is 19.1 Å². The summed E-state index contributed by atoms with van der Waals surface area (Å²) in [7, 11) is 1.90. The molecule has 0 N–H and O–H groups in total. The van der Waals surface area contributed by atoms with Crippen LogP contribution in [0, 0.1) is 6.92 Å². The number of aryl methyl sites for hydroxylation is 2. The van der Waals surface area contributed by atoms with Crippen LogP contribution in [0.1, 0.15) is 17.1 Å². The van der Waals surface area contributed by atoms with E-state index in [-0.39, 0.29) is 5.95 Å². The fourth-order valence-electron chi connectivity index (χ4n) is 2.71. The molecule has 9 heteroatoms. The Labute approximate surface area is 137 Å². The Morgan fingerprint density at radius 2 is 1.88 bits per heavy atom. The van der Waals surface area contributed by atoms with E-state index in [4.69, 9.17) is 0 Å². The molecule has 1 fully saturated rings. The first-order valence-electron chi connectivity index (χ1n) is 7.70. The molecule has 0 atom stereocenters. The van der Waals surface area contributed by atoms with Gasteiger partial charge in [0.15, 0.2) is 0 Å². The van der Waals surface area contributed by atoms with Crippen molar-refractivity contribution in [3.05, 3.63) is 35.4 Å². The average molecular weight is 340 g/mol. The number of rotatable bonds is 3. The third-order valence-corrected chi connectivity index (χ3v) is 4.14. The predicted molar refractivity (Wildman–Crippen MR) is 82.5 cm³/mol. The van der Waals surface area contributed by atoms with Crippen LogP contribution in [0.3, 0.4) is 0 Å². The molecule has 3 heterocycles. The highest BCUT2D eigenvalue weighted by Gasteiger charge is 2.33. The van der Waals surface area contributed by atoms with Crippen molar-refractivity contribution in [2.24, 2.45) is 7.05 Å². The number of hydrogen-bond donors (Lipinski definition) is 0.